The van der Waals surface area contributed by atoms with Crippen LogP contribution in [0.4, 0.5) is 0 Å². The van der Waals surface area contributed by atoms with Crippen molar-refractivity contribution in [3.8, 4) is 33.8 Å². The van der Waals surface area contributed by atoms with E-state index in [-0.39, 0.29) is 0 Å². The summed E-state index contributed by atoms with van der Waals surface area (Å²) >= 11 is 0. The first-order chi connectivity index (χ1) is 16.3. The molecule has 0 fully saturated rings. The molecule has 0 radical (unpaired) electrons. The molecule has 1 N–H and O–H groups in total. The van der Waals surface area contributed by atoms with Crippen molar-refractivity contribution >= 4 is 0 Å². The Morgan fingerprint density at radius 3 is 2.58 bits per heavy atom. The van der Waals surface area contributed by atoms with Crippen molar-refractivity contribution in [2.24, 2.45) is 0 Å². The summed E-state index contributed by atoms with van der Waals surface area (Å²) < 4.78 is 2.25. The molecule has 7 nitrogen and oxygen atoms in total. The van der Waals surface area contributed by atoms with Gasteiger partial charge >= 0.3 is 0 Å². The van der Waals surface area contributed by atoms with E-state index in [9.17, 15) is 0 Å². The zero-order valence-corrected chi connectivity index (χ0v) is 18.5. The summed E-state index contributed by atoms with van der Waals surface area (Å²) in [6.45, 7) is 2.92. The van der Waals surface area contributed by atoms with Crippen LogP contribution in [0.25, 0.3) is 33.8 Å². The van der Waals surface area contributed by atoms with Crippen LogP contribution in [0.1, 0.15) is 31.2 Å². The first-order valence-corrected chi connectivity index (χ1v) is 11.2. The fourth-order valence-electron chi connectivity index (χ4n) is 4.00. The van der Waals surface area contributed by atoms with Gasteiger partial charge in [0.25, 0.3) is 0 Å². The van der Waals surface area contributed by atoms with Gasteiger partial charge in [0.2, 0.25) is 5.82 Å². The van der Waals surface area contributed by atoms with E-state index >= 15 is 0 Å². The smallest absolute Gasteiger partial charge is 0.205 e. The van der Waals surface area contributed by atoms with Gasteiger partial charge in [-0.25, -0.2) is 4.98 Å². The summed E-state index contributed by atoms with van der Waals surface area (Å²) in [5, 5.41) is 14.9. The Morgan fingerprint density at radius 1 is 0.939 bits per heavy atom. The Hall–Kier alpha value is -4.13. The number of nitrogens with zero attached hydrogens (tertiary/aromatic N) is 6. The van der Waals surface area contributed by atoms with E-state index < -0.39 is 0 Å². The lowest BCUT2D eigenvalue weighted by atomic mass is 9.97. The molecule has 5 rings (SSSR count). The number of nitrogens with one attached hydrogen (secondary N) is 1. The maximum absolute atomic E-state index is 4.93. The van der Waals surface area contributed by atoms with Crippen molar-refractivity contribution in [2.45, 2.75) is 32.7 Å². The zero-order chi connectivity index (χ0) is 22.5. The Bertz CT molecular complexity index is 1310. The third-order valence-electron chi connectivity index (χ3n) is 5.68. The molecule has 0 atom stereocenters. The molecule has 0 saturated heterocycles. The minimum Gasteiger partial charge on any atom is -0.330 e. The van der Waals surface area contributed by atoms with Crippen molar-refractivity contribution in [1.82, 2.24) is 35.2 Å². The van der Waals surface area contributed by atoms with Gasteiger partial charge in [0.05, 0.1) is 5.69 Å². The molecule has 3 aromatic heterocycles. The highest BCUT2D eigenvalue weighted by Gasteiger charge is 2.15. The highest BCUT2D eigenvalue weighted by Crippen LogP contribution is 2.31. The molecule has 0 aliphatic carbocycles. The molecule has 5 aromatic rings. The van der Waals surface area contributed by atoms with Gasteiger partial charge in [0.15, 0.2) is 0 Å². The summed E-state index contributed by atoms with van der Waals surface area (Å²) in [5.41, 5.74) is 6.29. The lowest BCUT2D eigenvalue weighted by Crippen LogP contribution is -2.05. The Kier molecular flexibility index (Phi) is 6.01. The fraction of sp³-hybridized carbons (Fsp3) is 0.192. The Labute approximate surface area is 192 Å². The number of hydrogen-bond acceptors (Lipinski definition) is 5. The topological polar surface area (TPSA) is 85.2 Å². The van der Waals surface area contributed by atoms with Crippen molar-refractivity contribution in [2.75, 3.05) is 0 Å². The number of aryl methyl sites for hydroxylation is 1. The third kappa shape index (κ3) is 4.57. The van der Waals surface area contributed by atoms with Crippen LogP contribution in [0.2, 0.25) is 0 Å². The molecule has 33 heavy (non-hydrogen) atoms. The van der Waals surface area contributed by atoms with E-state index in [0.717, 1.165) is 58.6 Å². The summed E-state index contributed by atoms with van der Waals surface area (Å²) in [6, 6.07) is 20.7. The second-order valence-corrected chi connectivity index (χ2v) is 8.00. The summed E-state index contributed by atoms with van der Waals surface area (Å²) in [6.07, 6.45) is 8.94. The number of unbranched alkanes of at least 4 members (excludes halogenated alkanes) is 1. The summed E-state index contributed by atoms with van der Waals surface area (Å²) in [4.78, 5) is 9.19. The van der Waals surface area contributed by atoms with Crippen LogP contribution >= 0.6 is 0 Å². The van der Waals surface area contributed by atoms with Crippen LogP contribution in [-0.4, -0.2) is 35.2 Å². The van der Waals surface area contributed by atoms with Crippen LogP contribution in [0.3, 0.4) is 0 Å². The maximum Gasteiger partial charge on any atom is 0.205 e. The molecule has 0 bridgehead atoms. The van der Waals surface area contributed by atoms with Gasteiger partial charge in [-0.2, -0.15) is 5.21 Å². The number of rotatable bonds is 8. The van der Waals surface area contributed by atoms with Crippen molar-refractivity contribution in [3.05, 3.63) is 90.6 Å². The summed E-state index contributed by atoms with van der Waals surface area (Å²) in [5.74, 6) is 1.67. The molecule has 0 amide bonds. The lowest BCUT2D eigenvalue weighted by Gasteiger charge is -2.12. The maximum atomic E-state index is 4.93. The second-order valence-electron chi connectivity index (χ2n) is 8.00. The predicted molar refractivity (Wildman–Crippen MR) is 128 cm³/mol. The lowest BCUT2D eigenvalue weighted by molar-refractivity contribution is 0.678. The molecule has 0 spiro atoms. The molecular weight excluding hydrogens is 410 g/mol. The first-order valence-electron chi connectivity index (χ1n) is 11.2. The predicted octanol–water partition coefficient (Wildman–Crippen LogP) is 5.18. The minimum atomic E-state index is 0.587. The van der Waals surface area contributed by atoms with Crippen molar-refractivity contribution in [3.63, 3.8) is 0 Å². The molecule has 0 saturated carbocycles. The zero-order valence-electron chi connectivity index (χ0n) is 18.5. The van der Waals surface area contributed by atoms with Crippen LogP contribution in [0.5, 0.6) is 0 Å². The van der Waals surface area contributed by atoms with E-state index in [0.29, 0.717) is 12.4 Å². The highest BCUT2D eigenvalue weighted by atomic mass is 15.5. The fourth-order valence-corrected chi connectivity index (χ4v) is 4.00. The van der Waals surface area contributed by atoms with Gasteiger partial charge < -0.3 is 4.57 Å². The van der Waals surface area contributed by atoms with Crippen molar-refractivity contribution < 1.29 is 0 Å². The minimum absolute atomic E-state index is 0.587. The number of H-pyrrole nitrogens is 1. The van der Waals surface area contributed by atoms with Gasteiger partial charge in [-0.1, -0.05) is 55.8 Å². The Balaban J connectivity index is 1.53. The molecule has 3 heterocycles. The van der Waals surface area contributed by atoms with E-state index in [4.69, 9.17) is 4.98 Å². The quantitative estimate of drug-likeness (QED) is 0.363. The average molecular weight is 436 g/mol. The normalized spacial score (nSPS) is 11.1. The number of aromatic nitrogens is 7. The number of hydrogen-bond donors (Lipinski definition) is 1. The van der Waals surface area contributed by atoms with Gasteiger partial charge in [-0.05, 0) is 46.5 Å². The Morgan fingerprint density at radius 2 is 1.82 bits per heavy atom. The molecule has 0 unspecified atom stereocenters. The molecule has 7 heteroatoms. The standard InChI is InChI=1S/C26H25N7/c1-2-3-11-25-28-24(21-10-7-14-27-16-21)18-33(25)17-19-12-13-22(20-8-5-4-6-9-20)23(15-19)26-29-31-32-30-26/h4-10,12-16,18H,2-3,11,17H2,1H3,(H,29,30,31,32). The number of pyridine rings is 1. The van der Waals surface area contributed by atoms with Crippen LogP contribution in [-0.2, 0) is 13.0 Å². The van der Waals surface area contributed by atoms with E-state index in [1.165, 1.54) is 0 Å². The second kappa shape index (κ2) is 9.56. The van der Waals surface area contributed by atoms with Gasteiger partial charge in [0, 0.05) is 42.7 Å². The molecular formula is C26H25N7. The third-order valence-corrected chi connectivity index (χ3v) is 5.68. The highest BCUT2D eigenvalue weighted by molar-refractivity contribution is 5.80. The van der Waals surface area contributed by atoms with Crippen LogP contribution in [0.15, 0.2) is 79.3 Å². The van der Waals surface area contributed by atoms with E-state index in [1.54, 1.807) is 6.20 Å². The van der Waals surface area contributed by atoms with E-state index in [2.05, 4.69) is 73.6 Å². The van der Waals surface area contributed by atoms with Crippen LogP contribution in [0, 0.1) is 0 Å². The van der Waals surface area contributed by atoms with Gasteiger partial charge in [-0.15, -0.1) is 10.2 Å². The van der Waals surface area contributed by atoms with Gasteiger partial charge in [0.1, 0.15) is 5.82 Å². The molecule has 164 valence electrons. The van der Waals surface area contributed by atoms with E-state index in [1.807, 2.05) is 36.5 Å². The average Bonchev–Trinajstić information content (AvgIpc) is 3.54. The monoisotopic (exact) mass is 435 g/mol. The first kappa shape index (κ1) is 20.8. The summed E-state index contributed by atoms with van der Waals surface area (Å²) in [7, 11) is 0. The molecule has 0 aliphatic heterocycles. The number of tetrazole rings is 1. The SMILES string of the molecule is CCCCc1nc(-c2cccnc2)cn1Cc1ccc(-c2ccccc2)c(-c2nn[nH]n2)c1. The van der Waals surface area contributed by atoms with Crippen molar-refractivity contribution in [1.29, 1.82) is 0 Å². The van der Waals surface area contributed by atoms with Crippen LogP contribution < -0.4 is 0 Å². The molecule has 0 aliphatic rings. The number of benzene rings is 2. The largest absolute Gasteiger partial charge is 0.330 e. The molecule has 2 aromatic carbocycles. The van der Waals surface area contributed by atoms with Gasteiger partial charge in [-0.3, -0.25) is 4.98 Å². The number of imidazole rings is 1. The number of aromatic amines is 1.